The third-order valence-corrected chi connectivity index (χ3v) is 6.64. The fourth-order valence-corrected chi connectivity index (χ4v) is 5.68. The van der Waals surface area contributed by atoms with E-state index in [1.165, 1.54) is 0 Å². The van der Waals surface area contributed by atoms with Gasteiger partial charge in [0.15, 0.2) is 9.84 Å². The van der Waals surface area contributed by atoms with Crippen molar-refractivity contribution in [3.05, 3.63) is 0 Å². The molecule has 1 amide bonds. The molecule has 0 radical (unpaired) electrons. The van der Waals surface area contributed by atoms with Crippen molar-refractivity contribution in [1.29, 1.82) is 0 Å². The smallest absolute Gasteiger partial charge is 0.244 e. The van der Waals surface area contributed by atoms with Gasteiger partial charge < -0.3 is 4.90 Å². The molecule has 1 saturated carbocycles. The third-order valence-electron chi connectivity index (χ3n) is 4.84. The molecule has 3 aliphatic rings. The molecular weight excluding hydrogens is 264 g/mol. The molecule has 5 nitrogen and oxygen atoms in total. The Bertz CT molecular complexity index is 482. The molecule has 19 heavy (non-hydrogen) atoms. The summed E-state index contributed by atoms with van der Waals surface area (Å²) in [5.41, 5.74) is -0.388. The van der Waals surface area contributed by atoms with Gasteiger partial charge in [0.25, 0.3) is 0 Å². The van der Waals surface area contributed by atoms with Gasteiger partial charge in [-0.15, -0.1) is 0 Å². The maximum Gasteiger partial charge on any atom is 0.244 e. The van der Waals surface area contributed by atoms with Crippen molar-refractivity contribution in [3.63, 3.8) is 0 Å². The van der Waals surface area contributed by atoms with E-state index in [2.05, 4.69) is 5.32 Å². The monoisotopic (exact) mass is 286 g/mol. The van der Waals surface area contributed by atoms with E-state index in [1.54, 1.807) is 0 Å². The summed E-state index contributed by atoms with van der Waals surface area (Å²) < 4.78 is 23.6. The third kappa shape index (κ3) is 2.18. The standard InChI is InChI=1S/C13H22N2O3S/c1-10-14-13(6-2-3-7-13)12(16)15(10)11-5-4-8-19(17,18)9-11/h10-11,14H,2-9H2,1H3. The molecule has 2 unspecified atom stereocenters. The maximum atomic E-state index is 12.7. The molecule has 1 N–H and O–H groups in total. The van der Waals surface area contributed by atoms with Gasteiger partial charge in [-0.1, -0.05) is 12.8 Å². The number of carbonyl (C=O) groups excluding carboxylic acids is 1. The Balaban J connectivity index is 1.83. The van der Waals surface area contributed by atoms with Crippen molar-refractivity contribution in [1.82, 2.24) is 10.2 Å². The average Bonchev–Trinajstić information content (AvgIpc) is 2.85. The van der Waals surface area contributed by atoms with Gasteiger partial charge in [-0.3, -0.25) is 10.1 Å². The van der Waals surface area contributed by atoms with Crippen LogP contribution in [0.5, 0.6) is 0 Å². The fraction of sp³-hybridized carbons (Fsp3) is 0.923. The molecule has 2 saturated heterocycles. The van der Waals surface area contributed by atoms with Crippen molar-refractivity contribution in [2.24, 2.45) is 0 Å². The zero-order valence-corrected chi connectivity index (χ0v) is 12.2. The summed E-state index contributed by atoms with van der Waals surface area (Å²) >= 11 is 0. The van der Waals surface area contributed by atoms with Crippen molar-refractivity contribution in [2.45, 2.75) is 63.2 Å². The first kappa shape index (κ1) is 13.4. The fourth-order valence-electron chi connectivity index (χ4n) is 3.99. The number of carbonyl (C=O) groups is 1. The molecule has 2 heterocycles. The number of hydrogen-bond donors (Lipinski definition) is 1. The van der Waals surface area contributed by atoms with Crippen LogP contribution in [0.2, 0.25) is 0 Å². The molecule has 2 aliphatic heterocycles. The number of amides is 1. The predicted octanol–water partition coefficient (Wildman–Crippen LogP) is 0.654. The van der Waals surface area contributed by atoms with Crippen LogP contribution in [0.15, 0.2) is 0 Å². The lowest BCUT2D eigenvalue weighted by Crippen LogP contribution is -2.49. The second kappa shape index (κ2) is 4.45. The van der Waals surface area contributed by atoms with E-state index in [9.17, 15) is 13.2 Å². The number of nitrogens with zero attached hydrogens (tertiary/aromatic N) is 1. The van der Waals surface area contributed by atoms with E-state index < -0.39 is 9.84 Å². The highest BCUT2D eigenvalue weighted by atomic mass is 32.2. The zero-order chi connectivity index (χ0) is 13.7. The molecule has 0 aromatic carbocycles. The Labute approximate surface area is 114 Å². The van der Waals surface area contributed by atoms with Crippen LogP contribution < -0.4 is 5.32 Å². The van der Waals surface area contributed by atoms with Crippen molar-refractivity contribution >= 4 is 15.7 Å². The lowest BCUT2D eigenvalue weighted by atomic mass is 9.97. The molecule has 6 heteroatoms. The molecule has 0 aromatic rings. The van der Waals surface area contributed by atoms with E-state index in [4.69, 9.17) is 0 Å². The molecule has 0 aromatic heterocycles. The van der Waals surface area contributed by atoms with E-state index in [0.717, 1.165) is 32.1 Å². The van der Waals surface area contributed by atoms with E-state index >= 15 is 0 Å². The average molecular weight is 286 g/mol. The second-order valence-electron chi connectivity index (χ2n) is 6.23. The zero-order valence-electron chi connectivity index (χ0n) is 11.4. The van der Waals surface area contributed by atoms with Gasteiger partial charge in [-0.2, -0.15) is 0 Å². The summed E-state index contributed by atoms with van der Waals surface area (Å²) in [6, 6.07) is -0.131. The van der Waals surface area contributed by atoms with E-state index in [0.29, 0.717) is 6.42 Å². The van der Waals surface area contributed by atoms with Gasteiger partial charge in [0.1, 0.15) is 0 Å². The lowest BCUT2D eigenvalue weighted by Gasteiger charge is -2.33. The quantitative estimate of drug-likeness (QED) is 0.769. The topological polar surface area (TPSA) is 66.5 Å². The normalized spacial score (nSPS) is 37.1. The van der Waals surface area contributed by atoms with Crippen LogP contribution in [0, 0.1) is 0 Å². The minimum atomic E-state index is -2.97. The summed E-state index contributed by atoms with van der Waals surface area (Å²) in [6.45, 7) is 1.98. The Morgan fingerprint density at radius 1 is 1.26 bits per heavy atom. The first-order valence-electron chi connectivity index (χ1n) is 7.24. The van der Waals surface area contributed by atoms with Crippen LogP contribution in [0.1, 0.15) is 45.4 Å². The minimum absolute atomic E-state index is 0.0381. The SMILES string of the molecule is CC1NC2(CCCC2)C(=O)N1C1CCCS(=O)(=O)C1. The van der Waals surface area contributed by atoms with Gasteiger partial charge in [-0.25, -0.2) is 8.42 Å². The van der Waals surface area contributed by atoms with E-state index in [1.807, 2.05) is 11.8 Å². The highest BCUT2D eigenvalue weighted by molar-refractivity contribution is 7.91. The highest BCUT2D eigenvalue weighted by Gasteiger charge is 2.53. The number of rotatable bonds is 1. The Morgan fingerprint density at radius 2 is 1.95 bits per heavy atom. The van der Waals surface area contributed by atoms with Gasteiger partial charge in [-0.05, 0) is 32.6 Å². The van der Waals surface area contributed by atoms with Gasteiger partial charge >= 0.3 is 0 Å². The molecular formula is C13H22N2O3S. The Kier molecular flexibility index (Phi) is 3.13. The van der Waals surface area contributed by atoms with Crippen molar-refractivity contribution in [3.8, 4) is 0 Å². The first-order valence-corrected chi connectivity index (χ1v) is 9.07. The molecule has 0 bridgehead atoms. The summed E-state index contributed by atoms with van der Waals surface area (Å²) in [6.07, 6.45) is 5.41. The first-order chi connectivity index (χ1) is 8.94. The van der Waals surface area contributed by atoms with Crippen LogP contribution in [-0.2, 0) is 14.6 Å². The lowest BCUT2D eigenvalue weighted by molar-refractivity contribution is -0.134. The largest absolute Gasteiger partial charge is 0.322 e. The van der Waals surface area contributed by atoms with Crippen LogP contribution in [0.3, 0.4) is 0 Å². The number of nitrogens with one attached hydrogen (secondary N) is 1. The van der Waals surface area contributed by atoms with Crippen LogP contribution in [0.25, 0.3) is 0 Å². The molecule has 3 fully saturated rings. The summed E-state index contributed by atoms with van der Waals surface area (Å²) in [7, 11) is -2.97. The Hall–Kier alpha value is -0.620. The van der Waals surface area contributed by atoms with Gasteiger partial charge in [0.2, 0.25) is 5.91 Å². The minimum Gasteiger partial charge on any atom is -0.322 e. The second-order valence-corrected chi connectivity index (χ2v) is 8.46. The van der Waals surface area contributed by atoms with Crippen LogP contribution in [-0.4, -0.2) is 48.5 Å². The van der Waals surface area contributed by atoms with Crippen LogP contribution in [0.4, 0.5) is 0 Å². The molecule has 108 valence electrons. The van der Waals surface area contributed by atoms with Crippen LogP contribution >= 0.6 is 0 Å². The molecule has 1 aliphatic carbocycles. The van der Waals surface area contributed by atoms with E-state index in [-0.39, 0.29) is 35.2 Å². The predicted molar refractivity (Wildman–Crippen MR) is 72.3 cm³/mol. The van der Waals surface area contributed by atoms with Crippen molar-refractivity contribution in [2.75, 3.05) is 11.5 Å². The van der Waals surface area contributed by atoms with Crippen molar-refractivity contribution < 1.29 is 13.2 Å². The maximum absolute atomic E-state index is 12.7. The summed E-state index contributed by atoms with van der Waals surface area (Å²) in [5.74, 6) is 0.555. The molecule has 3 rings (SSSR count). The summed E-state index contributed by atoms with van der Waals surface area (Å²) in [5, 5.41) is 3.44. The summed E-state index contributed by atoms with van der Waals surface area (Å²) in [4.78, 5) is 14.5. The highest BCUT2D eigenvalue weighted by Crippen LogP contribution is 2.38. The number of sulfone groups is 1. The Morgan fingerprint density at radius 3 is 2.58 bits per heavy atom. The molecule has 2 atom stereocenters. The van der Waals surface area contributed by atoms with Gasteiger partial charge in [0, 0.05) is 6.04 Å². The van der Waals surface area contributed by atoms with Gasteiger partial charge in [0.05, 0.1) is 23.2 Å². The number of hydrogen-bond acceptors (Lipinski definition) is 4. The molecule has 1 spiro atoms.